The molecule has 0 unspecified atom stereocenters. The fourth-order valence-corrected chi connectivity index (χ4v) is 7.93. The Labute approximate surface area is 344 Å². The molecule has 59 heavy (non-hydrogen) atoms. The smallest absolute Gasteiger partial charge is 0.312 e. The maximum Gasteiger partial charge on any atom is 0.312 e. The lowest BCUT2D eigenvalue weighted by atomic mass is 9.78. The Morgan fingerprint density at radius 2 is 1.59 bits per heavy atom. The molecule has 322 valence electrons. The highest BCUT2D eigenvalue weighted by atomic mass is 16.7. The van der Waals surface area contributed by atoms with Crippen LogP contribution < -0.4 is 10.1 Å². The molecule has 6 N–H and O–H groups in total. The third-order valence-electron chi connectivity index (χ3n) is 11.9. The number of piperazine rings is 1. The molecule has 4 aliphatic rings. The topological polar surface area (TPSA) is 220 Å². The quantitative estimate of drug-likeness (QED) is 0.109. The average Bonchev–Trinajstić information content (AvgIpc) is 3.46. The number of carbonyl (C=O) groups is 3. The van der Waals surface area contributed by atoms with Crippen molar-refractivity contribution in [1.82, 2.24) is 9.91 Å². The van der Waals surface area contributed by atoms with Crippen molar-refractivity contribution in [1.29, 1.82) is 0 Å². The van der Waals surface area contributed by atoms with E-state index in [9.17, 15) is 39.9 Å². The van der Waals surface area contributed by atoms with Gasteiger partial charge in [-0.25, -0.2) is 0 Å². The lowest BCUT2D eigenvalue weighted by Crippen LogP contribution is -2.46. The summed E-state index contributed by atoms with van der Waals surface area (Å²) < 4.78 is 23.4. The summed E-state index contributed by atoms with van der Waals surface area (Å²) in [5, 5.41) is 67.0. The lowest BCUT2D eigenvalue weighted by Gasteiger charge is -2.37. The van der Waals surface area contributed by atoms with Crippen LogP contribution in [-0.4, -0.2) is 130 Å². The predicted octanol–water partition coefficient (Wildman–Crippen LogP) is 4.34. The number of phenols is 3. The molecular formula is C43H58N4O12. The SMILES string of the molecule is CO[C@H]1C=CO[C@@]2(C)Oc3c(C)c(O)c4c(O)c(c(C=NN5CCN(C)CC5)c(O)c4c3C2=O)NC(=O)C(C)=C/C=C/[C@H](C)[C@H](OC(C)=O)[C@@H](C)[C@@H](O)[C@@H](C)[C@H](O)[C@@H]1C. The number of ether oxygens (including phenoxy) is 4. The van der Waals surface area contributed by atoms with Crippen LogP contribution >= 0.6 is 0 Å². The number of hydrogen-bond donors (Lipinski definition) is 6. The number of methoxy groups -OCH3 is 1. The van der Waals surface area contributed by atoms with E-state index in [0.29, 0.717) is 13.1 Å². The van der Waals surface area contributed by atoms with E-state index in [1.165, 1.54) is 59.4 Å². The van der Waals surface area contributed by atoms with Gasteiger partial charge in [-0.15, -0.1) is 0 Å². The molecule has 1 fully saturated rings. The van der Waals surface area contributed by atoms with E-state index in [1.54, 1.807) is 44.9 Å². The van der Waals surface area contributed by atoms with E-state index in [1.807, 2.05) is 7.05 Å². The highest BCUT2D eigenvalue weighted by Crippen LogP contribution is 2.55. The molecule has 4 aliphatic heterocycles. The number of rotatable bonds is 4. The zero-order valence-electron chi connectivity index (χ0n) is 35.3. The number of amides is 1. The van der Waals surface area contributed by atoms with Gasteiger partial charge in [0, 0.05) is 87.3 Å². The summed E-state index contributed by atoms with van der Waals surface area (Å²) in [4.78, 5) is 42.5. The van der Waals surface area contributed by atoms with Crippen molar-refractivity contribution in [2.45, 2.75) is 85.6 Å². The first-order chi connectivity index (χ1) is 27.7. The highest BCUT2D eigenvalue weighted by molar-refractivity contribution is 6.23. The minimum Gasteiger partial charge on any atom is -0.507 e. The van der Waals surface area contributed by atoms with Crippen molar-refractivity contribution in [2.75, 3.05) is 45.7 Å². The zero-order valence-corrected chi connectivity index (χ0v) is 35.3. The molecule has 6 rings (SSSR count). The number of esters is 1. The molecule has 0 spiro atoms. The van der Waals surface area contributed by atoms with E-state index in [-0.39, 0.29) is 44.5 Å². The molecule has 0 aliphatic carbocycles. The molecule has 16 heteroatoms. The lowest BCUT2D eigenvalue weighted by molar-refractivity contribution is -0.156. The van der Waals surface area contributed by atoms with Crippen LogP contribution in [0.3, 0.4) is 0 Å². The first-order valence-electron chi connectivity index (χ1n) is 19.8. The number of aromatic hydroxyl groups is 3. The number of allylic oxidation sites excluding steroid dienone is 2. The Hall–Kier alpha value is -5.16. The van der Waals surface area contributed by atoms with Crippen LogP contribution in [0.4, 0.5) is 5.69 Å². The first kappa shape index (κ1) is 44.9. The molecule has 9 atom stereocenters. The number of fused-ring (bicyclic) bond motifs is 14. The second-order valence-electron chi connectivity index (χ2n) is 16.1. The van der Waals surface area contributed by atoms with E-state index in [2.05, 4.69) is 15.3 Å². The Morgan fingerprint density at radius 3 is 2.22 bits per heavy atom. The number of nitrogens with one attached hydrogen (secondary N) is 1. The normalized spacial score (nSPS) is 30.6. The molecule has 2 aromatic rings. The van der Waals surface area contributed by atoms with Gasteiger partial charge in [0.1, 0.15) is 23.4 Å². The summed E-state index contributed by atoms with van der Waals surface area (Å²) in [5.41, 5.74) is -0.355. The third kappa shape index (κ3) is 8.91. The van der Waals surface area contributed by atoms with Gasteiger partial charge in [0.05, 0.1) is 53.0 Å². The number of phenolic OH excluding ortho intramolecular Hbond substituents is 3. The molecular weight excluding hydrogens is 764 g/mol. The summed E-state index contributed by atoms with van der Waals surface area (Å²) in [7, 11) is 3.42. The summed E-state index contributed by atoms with van der Waals surface area (Å²) in [6.07, 6.45) is 4.90. The Kier molecular flexibility index (Phi) is 13.7. The van der Waals surface area contributed by atoms with Gasteiger partial charge < -0.3 is 54.7 Å². The van der Waals surface area contributed by atoms with Crippen LogP contribution in [0, 0.1) is 30.6 Å². The minimum absolute atomic E-state index is 0.0594. The number of aliphatic hydroxyl groups is 2. The Morgan fingerprint density at radius 1 is 0.949 bits per heavy atom. The summed E-state index contributed by atoms with van der Waals surface area (Å²) in [6.45, 7) is 15.1. The van der Waals surface area contributed by atoms with Crippen LogP contribution in [0.15, 0.2) is 41.2 Å². The predicted molar refractivity (Wildman–Crippen MR) is 220 cm³/mol. The Balaban J connectivity index is 1.70. The van der Waals surface area contributed by atoms with E-state index >= 15 is 0 Å². The van der Waals surface area contributed by atoms with Gasteiger partial charge in [-0.1, -0.05) is 45.9 Å². The van der Waals surface area contributed by atoms with Crippen molar-refractivity contribution in [3.63, 3.8) is 0 Å². The van der Waals surface area contributed by atoms with Crippen molar-refractivity contribution in [3.05, 3.63) is 52.8 Å². The van der Waals surface area contributed by atoms with Crippen LogP contribution in [0.1, 0.15) is 70.0 Å². The Bertz CT molecular complexity index is 2070. The standard InChI is InChI=1S/C43H58N4O12/c1-21-12-11-13-22(2)42(55)45-33-28(20-44-47-17-15-46(9)16-18-47)37(52)30-31(38(33)53)36(51)26(6)40-32(30)41(54)43(8,59-40)57-19-14-29(56-10)23(3)34(49)24(4)35(50)25(5)39(21)58-27(7)48/h11-14,19-21,23-25,29,34-35,39,49-53H,15-18H2,1-10H3,(H,45,55)/b12-11+,19-14?,22-13?,44-20?/t21-,23+,24-,25-,29-,34+,35-,39-,43-/m0/s1. The number of Topliss-reactive ketones (excluding diaryl/α,β-unsaturated/α-hetero) is 1. The number of ketones is 1. The van der Waals surface area contributed by atoms with Gasteiger partial charge in [-0.3, -0.25) is 19.4 Å². The van der Waals surface area contributed by atoms with Crippen molar-refractivity contribution >= 4 is 40.3 Å². The van der Waals surface area contributed by atoms with Crippen molar-refractivity contribution < 1.29 is 58.9 Å². The first-order valence-corrected chi connectivity index (χ1v) is 19.8. The van der Waals surface area contributed by atoms with Crippen molar-refractivity contribution in [3.8, 4) is 23.0 Å². The van der Waals surface area contributed by atoms with Crippen LogP contribution in [0.5, 0.6) is 23.0 Å². The number of hydrazone groups is 1. The van der Waals surface area contributed by atoms with Crippen LogP contribution in [-0.2, 0) is 23.8 Å². The minimum atomic E-state index is -2.03. The van der Waals surface area contributed by atoms with E-state index < -0.39 is 88.8 Å². The highest BCUT2D eigenvalue weighted by Gasteiger charge is 2.50. The maximum atomic E-state index is 14.4. The van der Waals surface area contributed by atoms with E-state index in [4.69, 9.17) is 18.9 Å². The maximum absolute atomic E-state index is 14.4. The number of hydrogen-bond acceptors (Lipinski definition) is 15. The summed E-state index contributed by atoms with van der Waals surface area (Å²) in [6, 6.07) is 0. The average molecular weight is 823 g/mol. The number of anilines is 1. The molecule has 0 saturated carbocycles. The van der Waals surface area contributed by atoms with Gasteiger partial charge >= 0.3 is 11.8 Å². The number of nitrogens with zero attached hydrogens (tertiary/aromatic N) is 3. The fraction of sp³-hybridized carbons (Fsp3) is 0.535. The van der Waals surface area contributed by atoms with Gasteiger partial charge in [0.25, 0.3) is 11.7 Å². The van der Waals surface area contributed by atoms with Crippen LogP contribution in [0.2, 0.25) is 0 Å². The second-order valence-corrected chi connectivity index (χ2v) is 16.1. The second kappa shape index (κ2) is 18.0. The molecule has 16 nitrogen and oxygen atoms in total. The largest absolute Gasteiger partial charge is 0.507 e. The van der Waals surface area contributed by atoms with Gasteiger partial charge in [-0.05, 0) is 27.0 Å². The molecule has 0 aromatic heterocycles. The molecule has 4 heterocycles. The third-order valence-corrected chi connectivity index (χ3v) is 11.9. The molecule has 1 amide bonds. The molecule has 2 aromatic carbocycles. The molecule has 1 saturated heterocycles. The van der Waals surface area contributed by atoms with Crippen LogP contribution in [0.25, 0.3) is 10.8 Å². The van der Waals surface area contributed by atoms with Crippen molar-refractivity contribution in [2.24, 2.45) is 28.8 Å². The summed E-state index contributed by atoms with van der Waals surface area (Å²) >= 11 is 0. The zero-order chi connectivity index (χ0) is 43.7. The molecule has 5 bridgehead atoms. The van der Waals surface area contributed by atoms with Gasteiger partial charge in [-0.2, -0.15) is 5.10 Å². The number of likely N-dealkylation sites (N-methyl/N-ethyl adjacent to an activating group) is 1. The monoisotopic (exact) mass is 822 g/mol. The summed E-state index contributed by atoms with van der Waals surface area (Å²) in [5.74, 6) is -8.30. The van der Waals surface area contributed by atoms with E-state index in [0.717, 1.165) is 13.1 Å². The number of benzene rings is 2. The number of carbonyl (C=O) groups excluding carboxylic acids is 3. The van der Waals surface area contributed by atoms with Gasteiger partial charge in [0.2, 0.25) is 0 Å². The molecule has 0 radical (unpaired) electrons. The fourth-order valence-electron chi connectivity index (χ4n) is 7.93. The number of aliphatic hydroxyl groups excluding tert-OH is 2. The van der Waals surface area contributed by atoms with Gasteiger partial charge in [0.15, 0.2) is 5.75 Å².